The number of rotatable bonds is 7. The summed E-state index contributed by atoms with van der Waals surface area (Å²) in [7, 11) is 1.36. The van der Waals surface area contributed by atoms with Crippen molar-refractivity contribution in [1.29, 1.82) is 0 Å². The summed E-state index contributed by atoms with van der Waals surface area (Å²) in [6.45, 7) is 7.12. The molecule has 0 N–H and O–H groups in total. The number of methoxy groups -OCH3 is 1. The van der Waals surface area contributed by atoms with Gasteiger partial charge >= 0.3 is 11.9 Å². The second-order valence-electron chi connectivity index (χ2n) is 4.99. The fourth-order valence-electron chi connectivity index (χ4n) is 1.89. The Kier molecular flexibility index (Phi) is 6.88. The van der Waals surface area contributed by atoms with E-state index >= 15 is 0 Å². The van der Waals surface area contributed by atoms with Gasteiger partial charge in [0.25, 0.3) is 0 Å². The van der Waals surface area contributed by atoms with Crippen molar-refractivity contribution >= 4 is 11.9 Å². The molecule has 0 unspecified atom stereocenters. The quantitative estimate of drug-likeness (QED) is 0.722. The van der Waals surface area contributed by atoms with Gasteiger partial charge in [-0.05, 0) is 38.5 Å². The minimum Gasteiger partial charge on any atom is -0.465 e. The summed E-state index contributed by atoms with van der Waals surface area (Å²) < 4.78 is 9.65. The van der Waals surface area contributed by atoms with Crippen LogP contribution in [0.3, 0.4) is 0 Å². The van der Waals surface area contributed by atoms with Crippen molar-refractivity contribution in [2.24, 2.45) is 0 Å². The maximum Gasteiger partial charge on any atom is 0.337 e. The zero-order valence-corrected chi connectivity index (χ0v) is 13.1. The van der Waals surface area contributed by atoms with Crippen molar-refractivity contribution in [1.82, 2.24) is 4.90 Å². The first-order valence-corrected chi connectivity index (χ1v) is 7.04. The molecule has 0 bridgehead atoms. The predicted octanol–water partition coefficient (Wildman–Crippen LogP) is 2.25. The van der Waals surface area contributed by atoms with Gasteiger partial charge in [-0.15, -0.1) is 0 Å². The van der Waals surface area contributed by atoms with Gasteiger partial charge < -0.3 is 9.47 Å². The highest BCUT2D eigenvalue weighted by molar-refractivity contribution is 5.89. The number of carbonyl (C=O) groups is 2. The Hall–Kier alpha value is -1.88. The molecule has 0 aliphatic heterocycles. The largest absolute Gasteiger partial charge is 0.465 e. The van der Waals surface area contributed by atoms with Crippen LogP contribution in [0.15, 0.2) is 24.3 Å². The summed E-state index contributed by atoms with van der Waals surface area (Å²) in [6, 6.07) is 7.41. The molecule has 5 heteroatoms. The van der Waals surface area contributed by atoms with Crippen LogP contribution in [0.4, 0.5) is 0 Å². The van der Waals surface area contributed by atoms with Crippen molar-refractivity contribution in [2.45, 2.75) is 33.4 Å². The van der Waals surface area contributed by atoms with Gasteiger partial charge in [0.05, 0.1) is 25.8 Å². The van der Waals surface area contributed by atoms with Crippen LogP contribution >= 0.6 is 0 Å². The molecule has 0 aromatic heterocycles. The zero-order valence-electron chi connectivity index (χ0n) is 13.1. The minimum atomic E-state index is -0.353. The lowest BCUT2D eigenvalue weighted by atomic mass is 10.1. The van der Waals surface area contributed by atoms with Gasteiger partial charge in [0.1, 0.15) is 0 Å². The SMILES string of the molecule is CCOC(=O)CN(Cc1ccc(C(=O)OC)cc1)C(C)C. The van der Waals surface area contributed by atoms with Gasteiger partial charge in [-0.3, -0.25) is 9.69 Å². The van der Waals surface area contributed by atoms with E-state index in [0.717, 1.165) is 5.56 Å². The molecular weight excluding hydrogens is 270 g/mol. The maximum atomic E-state index is 11.6. The molecule has 21 heavy (non-hydrogen) atoms. The van der Waals surface area contributed by atoms with E-state index < -0.39 is 0 Å². The number of carbonyl (C=O) groups excluding carboxylic acids is 2. The fourth-order valence-corrected chi connectivity index (χ4v) is 1.89. The third-order valence-electron chi connectivity index (χ3n) is 3.13. The van der Waals surface area contributed by atoms with Crippen molar-refractivity contribution in [3.8, 4) is 0 Å². The molecule has 0 aliphatic rings. The summed E-state index contributed by atoms with van der Waals surface area (Å²) in [5.41, 5.74) is 1.54. The van der Waals surface area contributed by atoms with Crippen molar-refractivity contribution in [2.75, 3.05) is 20.3 Å². The van der Waals surface area contributed by atoms with Crippen LogP contribution in [-0.2, 0) is 20.8 Å². The lowest BCUT2D eigenvalue weighted by Crippen LogP contribution is -2.36. The topological polar surface area (TPSA) is 55.8 Å². The Morgan fingerprint density at radius 2 is 1.81 bits per heavy atom. The number of esters is 2. The average Bonchev–Trinajstić information content (AvgIpc) is 2.46. The van der Waals surface area contributed by atoms with Crippen LogP contribution < -0.4 is 0 Å². The summed E-state index contributed by atoms with van der Waals surface area (Å²) in [5, 5.41) is 0. The van der Waals surface area contributed by atoms with E-state index in [4.69, 9.17) is 4.74 Å². The Labute approximate surface area is 125 Å². The van der Waals surface area contributed by atoms with E-state index in [2.05, 4.69) is 4.74 Å². The van der Waals surface area contributed by atoms with Gasteiger partial charge in [-0.25, -0.2) is 4.79 Å². The first-order chi connectivity index (χ1) is 9.97. The van der Waals surface area contributed by atoms with Crippen molar-refractivity contribution < 1.29 is 19.1 Å². The first kappa shape index (κ1) is 17.2. The minimum absolute atomic E-state index is 0.217. The van der Waals surface area contributed by atoms with Crippen LogP contribution in [0.2, 0.25) is 0 Å². The lowest BCUT2D eigenvalue weighted by Gasteiger charge is -2.25. The standard InChI is InChI=1S/C16H23NO4/c1-5-21-15(18)11-17(12(2)3)10-13-6-8-14(9-7-13)16(19)20-4/h6-9,12H,5,10-11H2,1-4H3. The predicted molar refractivity (Wildman–Crippen MR) is 80.0 cm³/mol. The van der Waals surface area contributed by atoms with E-state index in [-0.39, 0.29) is 24.5 Å². The fraction of sp³-hybridized carbons (Fsp3) is 0.500. The molecule has 1 aromatic carbocycles. The molecule has 0 aliphatic carbocycles. The smallest absolute Gasteiger partial charge is 0.337 e. The van der Waals surface area contributed by atoms with Crippen LogP contribution in [0.1, 0.15) is 36.7 Å². The highest BCUT2D eigenvalue weighted by Crippen LogP contribution is 2.11. The number of benzene rings is 1. The van der Waals surface area contributed by atoms with Crippen LogP contribution in [-0.4, -0.2) is 43.1 Å². The summed E-state index contributed by atoms with van der Waals surface area (Å²) >= 11 is 0. The molecule has 0 atom stereocenters. The molecule has 5 nitrogen and oxygen atoms in total. The molecule has 0 spiro atoms. The van der Waals surface area contributed by atoms with E-state index in [0.29, 0.717) is 18.7 Å². The number of nitrogens with zero attached hydrogens (tertiary/aromatic N) is 1. The third-order valence-corrected chi connectivity index (χ3v) is 3.13. The van der Waals surface area contributed by atoms with Gasteiger partial charge in [-0.2, -0.15) is 0 Å². The number of hydrogen-bond donors (Lipinski definition) is 0. The maximum absolute atomic E-state index is 11.6. The molecule has 116 valence electrons. The van der Waals surface area contributed by atoms with Gasteiger partial charge in [0, 0.05) is 12.6 Å². The van der Waals surface area contributed by atoms with E-state index in [1.54, 1.807) is 19.1 Å². The highest BCUT2D eigenvalue weighted by Gasteiger charge is 2.15. The number of hydrogen-bond acceptors (Lipinski definition) is 5. The van der Waals surface area contributed by atoms with Gasteiger partial charge in [-0.1, -0.05) is 12.1 Å². The normalized spacial score (nSPS) is 10.8. The monoisotopic (exact) mass is 293 g/mol. The van der Waals surface area contributed by atoms with Gasteiger partial charge in [0.2, 0.25) is 0 Å². The Bertz CT molecular complexity index is 468. The highest BCUT2D eigenvalue weighted by atomic mass is 16.5. The third kappa shape index (κ3) is 5.55. The Morgan fingerprint density at radius 3 is 2.29 bits per heavy atom. The van der Waals surface area contributed by atoms with E-state index in [1.165, 1.54) is 7.11 Å². The first-order valence-electron chi connectivity index (χ1n) is 7.04. The van der Waals surface area contributed by atoms with Crippen LogP contribution in [0.25, 0.3) is 0 Å². The Morgan fingerprint density at radius 1 is 1.19 bits per heavy atom. The molecule has 0 saturated heterocycles. The van der Waals surface area contributed by atoms with Crippen molar-refractivity contribution in [3.63, 3.8) is 0 Å². The second-order valence-corrected chi connectivity index (χ2v) is 4.99. The molecule has 0 saturated carbocycles. The molecule has 0 radical (unpaired) electrons. The van der Waals surface area contributed by atoms with Crippen LogP contribution in [0.5, 0.6) is 0 Å². The van der Waals surface area contributed by atoms with E-state index in [9.17, 15) is 9.59 Å². The van der Waals surface area contributed by atoms with Gasteiger partial charge in [0.15, 0.2) is 0 Å². The van der Waals surface area contributed by atoms with E-state index in [1.807, 2.05) is 30.9 Å². The molecule has 0 heterocycles. The summed E-state index contributed by atoms with van der Waals surface area (Å²) in [5.74, 6) is -0.578. The second kappa shape index (κ2) is 8.42. The van der Waals surface area contributed by atoms with Crippen molar-refractivity contribution in [3.05, 3.63) is 35.4 Å². The molecule has 0 fully saturated rings. The Balaban J connectivity index is 2.71. The molecule has 1 aromatic rings. The zero-order chi connectivity index (χ0) is 15.8. The molecule has 0 amide bonds. The number of ether oxygens (including phenoxy) is 2. The molecule has 1 rings (SSSR count). The summed E-state index contributed by atoms with van der Waals surface area (Å²) in [6.07, 6.45) is 0. The van der Waals surface area contributed by atoms with Crippen LogP contribution in [0, 0.1) is 0 Å². The summed E-state index contributed by atoms with van der Waals surface area (Å²) in [4.78, 5) is 25.0. The lowest BCUT2D eigenvalue weighted by molar-refractivity contribution is -0.145. The molecular formula is C16H23NO4. The average molecular weight is 293 g/mol.